The summed E-state index contributed by atoms with van der Waals surface area (Å²) >= 11 is 0. The molecule has 2 rings (SSSR count). The van der Waals surface area contributed by atoms with Crippen LogP contribution in [0.5, 0.6) is 0 Å². The Hall–Kier alpha value is -1.66. The Bertz CT molecular complexity index is 667. The van der Waals surface area contributed by atoms with E-state index in [1.54, 1.807) is 6.07 Å². The second-order valence-corrected chi connectivity index (χ2v) is 6.61. The largest absolute Gasteiger partial charge is 0.393 e. The quantitative estimate of drug-likeness (QED) is 0.834. The van der Waals surface area contributed by atoms with Crippen molar-refractivity contribution in [2.24, 2.45) is 5.92 Å². The number of hydrogen-bond acceptors (Lipinski definition) is 4. The maximum absolute atomic E-state index is 12.8. The Morgan fingerprint density at radius 1 is 1.43 bits per heavy atom. The highest BCUT2D eigenvalue weighted by Gasteiger charge is 2.44. The normalized spacial score (nSPS) is 21.0. The van der Waals surface area contributed by atoms with Crippen molar-refractivity contribution in [2.45, 2.75) is 23.9 Å². The number of rotatable bonds is 2. The predicted octanol–water partition coefficient (Wildman–Crippen LogP) is 1.92. The SMILES string of the molecule is N#Cc1ncccc1S(=O)(=O)N1CCCC(C(F)(F)F)C1. The third kappa shape index (κ3) is 3.16. The molecule has 0 radical (unpaired) electrons. The minimum atomic E-state index is -4.43. The lowest BCUT2D eigenvalue weighted by molar-refractivity contribution is -0.182. The number of nitriles is 1. The van der Waals surface area contributed by atoms with Crippen LogP contribution in [-0.4, -0.2) is 37.0 Å². The molecule has 0 amide bonds. The lowest BCUT2D eigenvalue weighted by Crippen LogP contribution is -2.44. The summed E-state index contributed by atoms with van der Waals surface area (Å²) in [6.45, 7) is -0.611. The van der Waals surface area contributed by atoms with Crippen LogP contribution in [0.25, 0.3) is 0 Å². The van der Waals surface area contributed by atoms with Crippen LogP contribution < -0.4 is 0 Å². The van der Waals surface area contributed by atoms with Gasteiger partial charge in [-0.2, -0.15) is 22.7 Å². The van der Waals surface area contributed by atoms with Crippen LogP contribution in [0.4, 0.5) is 13.2 Å². The topological polar surface area (TPSA) is 74.1 Å². The Morgan fingerprint density at radius 2 is 2.14 bits per heavy atom. The highest BCUT2D eigenvalue weighted by Crippen LogP contribution is 2.35. The van der Waals surface area contributed by atoms with Gasteiger partial charge in [0.25, 0.3) is 0 Å². The van der Waals surface area contributed by atoms with Crippen LogP contribution in [-0.2, 0) is 10.0 Å². The summed E-state index contributed by atoms with van der Waals surface area (Å²) in [4.78, 5) is 3.29. The summed E-state index contributed by atoms with van der Waals surface area (Å²) in [5.41, 5.74) is -0.313. The molecule has 0 aromatic carbocycles. The van der Waals surface area contributed by atoms with Crippen molar-refractivity contribution in [2.75, 3.05) is 13.1 Å². The van der Waals surface area contributed by atoms with Gasteiger partial charge in [0.2, 0.25) is 10.0 Å². The van der Waals surface area contributed by atoms with E-state index in [0.717, 1.165) is 4.31 Å². The molecular formula is C12H12F3N3O2S. The van der Waals surface area contributed by atoms with E-state index >= 15 is 0 Å². The van der Waals surface area contributed by atoms with Gasteiger partial charge in [0.15, 0.2) is 5.69 Å². The van der Waals surface area contributed by atoms with Crippen molar-refractivity contribution >= 4 is 10.0 Å². The highest BCUT2D eigenvalue weighted by atomic mass is 32.2. The molecule has 9 heteroatoms. The number of pyridine rings is 1. The third-order valence-electron chi connectivity index (χ3n) is 3.34. The van der Waals surface area contributed by atoms with Gasteiger partial charge in [-0.3, -0.25) is 0 Å². The van der Waals surface area contributed by atoms with Crippen molar-refractivity contribution < 1.29 is 21.6 Å². The van der Waals surface area contributed by atoms with Crippen LogP contribution in [0, 0.1) is 17.2 Å². The first-order chi connectivity index (χ1) is 9.76. The maximum Gasteiger partial charge on any atom is 0.393 e. The van der Waals surface area contributed by atoms with Gasteiger partial charge in [0.05, 0.1) is 5.92 Å². The number of nitrogens with zero attached hydrogens (tertiary/aromatic N) is 3. The zero-order valence-electron chi connectivity index (χ0n) is 10.8. The maximum atomic E-state index is 12.8. The molecule has 0 saturated carbocycles. The zero-order valence-corrected chi connectivity index (χ0v) is 11.7. The average Bonchev–Trinajstić information content (AvgIpc) is 2.46. The number of sulfonamides is 1. The smallest absolute Gasteiger partial charge is 0.244 e. The van der Waals surface area contributed by atoms with Crippen molar-refractivity contribution in [1.29, 1.82) is 5.26 Å². The molecular weight excluding hydrogens is 307 g/mol. The van der Waals surface area contributed by atoms with E-state index < -0.39 is 28.7 Å². The number of hydrogen-bond donors (Lipinski definition) is 0. The number of aromatic nitrogens is 1. The van der Waals surface area contributed by atoms with Crippen LogP contribution >= 0.6 is 0 Å². The fraction of sp³-hybridized carbons (Fsp3) is 0.500. The Kier molecular flexibility index (Phi) is 4.20. The number of alkyl halides is 3. The summed E-state index contributed by atoms with van der Waals surface area (Å²) in [5.74, 6) is -1.68. The van der Waals surface area contributed by atoms with E-state index in [4.69, 9.17) is 5.26 Å². The Labute approximate surface area is 120 Å². The van der Waals surface area contributed by atoms with Crippen LogP contribution in [0.2, 0.25) is 0 Å². The monoisotopic (exact) mass is 319 g/mol. The predicted molar refractivity (Wildman–Crippen MR) is 66.5 cm³/mol. The molecule has 21 heavy (non-hydrogen) atoms. The summed E-state index contributed by atoms with van der Waals surface area (Å²) in [5, 5.41) is 8.89. The van der Waals surface area contributed by atoms with Gasteiger partial charge in [-0.25, -0.2) is 13.4 Å². The Balaban J connectivity index is 2.34. The van der Waals surface area contributed by atoms with Crippen LogP contribution in [0.15, 0.2) is 23.2 Å². The summed E-state index contributed by atoms with van der Waals surface area (Å²) in [7, 11) is -4.15. The molecule has 1 fully saturated rings. The first-order valence-corrected chi connectivity index (χ1v) is 7.63. The van der Waals surface area contributed by atoms with Crippen molar-refractivity contribution in [3.63, 3.8) is 0 Å². The molecule has 114 valence electrons. The number of piperidine rings is 1. The summed E-state index contributed by atoms with van der Waals surface area (Å²) in [6, 6.07) is 4.15. The second-order valence-electron chi connectivity index (χ2n) is 4.71. The first-order valence-electron chi connectivity index (χ1n) is 6.19. The molecule has 1 aliphatic heterocycles. The fourth-order valence-electron chi connectivity index (χ4n) is 2.25. The summed E-state index contributed by atoms with van der Waals surface area (Å²) < 4.78 is 63.9. The molecule has 0 N–H and O–H groups in total. The standard InChI is InChI=1S/C12H12F3N3O2S/c13-12(14,15)9-3-2-6-18(8-9)21(19,20)11-4-1-5-17-10(11)7-16/h1,4-5,9H,2-3,6,8H2. The summed E-state index contributed by atoms with van der Waals surface area (Å²) in [6.07, 6.45) is -3.13. The minimum absolute atomic E-state index is 0.00861. The van der Waals surface area contributed by atoms with Gasteiger partial charge >= 0.3 is 6.18 Å². The van der Waals surface area contributed by atoms with E-state index in [0.29, 0.717) is 0 Å². The van der Waals surface area contributed by atoms with Gasteiger partial charge in [0, 0.05) is 19.3 Å². The van der Waals surface area contributed by atoms with E-state index in [-0.39, 0.29) is 30.0 Å². The minimum Gasteiger partial charge on any atom is -0.244 e. The van der Waals surface area contributed by atoms with Gasteiger partial charge in [0.1, 0.15) is 11.0 Å². The molecule has 5 nitrogen and oxygen atoms in total. The van der Waals surface area contributed by atoms with E-state index in [9.17, 15) is 21.6 Å². The lowest BCUT2D eigenvalue weighted by Gasteiger charge is -2.32. The second kappa shape index (κ2) is 5.61. The molecule has 1 unspecified atom stereocenters. The van der Waals surface area contributed by atoms with Crippen molar-refractivity contribution in [3.8, 4) is 6.07 Å². The molecule has 1 saturated heterocycles. The molecule has 1 aliphatic rings. The molecule has 0 bridgehead atoms. The molecule has 0 spiro atoms. The molecule has 2 heterocycles. The van der Waals surface area contributed by atoms with Gasteiger partial charge in [-0.15, -0.1) is 0 Å². The Morgan fingerprint density at radius 3 is 2.76 bits per heavy atom. The molecule has 1 atom stereocenters. The first kappa shape index (κ1) is 15.7. The van der Waals surface area contributed by atoms with Crippen molar-refractivity contribution in [3.05, 3.63) is 24.0 Å². The zero-order chi connectivity index (χ0) is 15.7. The molecule has 0 aliphatic carbocycles. The lowest BCUT2D eigenvalue weighted by atomic mass is 9.99. The van der Waals surface area contributed by atoms with Gasteiger partial charge in [-0.05, 0) is 25.0 Å². The van der Waals surface area contributed by atoms with E-state index in [1.165, 1.54) is 18.3 Å². The fourth-order valence-corrected chi connectivity index (χ4v) is 3.87. The van der Waals surface area contributed by atoms with Crippen LogP contribution in [0.3, 0.4) is 0 Å². The highest BCUT2D eigenvalue weighted by molar-refractivity contribution is 7.89. The van der Waals surface area contributed by atoms with Gasteiger partial charge in [-0.1, -0.05) is 0 Å². The van der Waals surface area contributed by atoms with E-state index in [1.807, 2.05) is 0 Å². The number of halogens is 3. The van der Waals surface area contributed by atoms with Crippen molar-refractivity contribution in [1.82, 2.24) is 9.29 Å². The average molecular weight is 319 g/mol. The third-order valence-corrected chi connectivity index (χ3v) is 5.24. The van der Waals surface area contributed by atoms with Crippen LogP contribution in [0.1, 0.15) is 18.5 Å². The van der Waals surface area contributed by atoms with Gasteiger partial charge < -0.3 is 0 Å². The molecule has 1 aromatic heterocycles. The van der Waals surface area contributed by atoms with E-state index in [2.05, 4.69) is 4.98 Å². The molecule has 1 aromatic rings.